The average molecular weight is 262 g/mol. The van der Waals surface area contributed by atoms with Crippen molar-refractivity contribution >= 4 is 0 Å². The Morgan fingerprint density at radius 1 is 1.11 bits per heavy atom. The van der Waals surface area contributed by atoms with Gasteiger partial charge >= 0.3 is 0 Å². The number of nitrogens with zero attached hydrogens (tertiary/aromatic N) is 4. The average Bonchev–Trinajstić information content (AvgIpc) is 2.81. The first-order chi connectivity index (χ1) is 9.16. The van der Waals surface area contributed by atoms with Gasteiger partial charge in [-0.1, -0.05) is 13.3 Å². The van der Waals surface area contributed by atoms with E-state index in [4.69, 9.17) is 0 Å². The smallest absolute Gasteiger partial charge is 0.150 e. The lowest BCUT2D eigenvalue weighted by Crippen LogP contribution is -2.40. The third-order valence-corrected chi connectivity index (χ3v) is 4.74. The van der Waals surface area contributed by atoms with Crippen molar-refractivity contribution < 1.29 is 0 Å². The summed E-state index contributed by atoms with van der Waals surface area (Å²) in [5.74, 6) is 3.20. The van der Waals surface area contributed by atoms with E-state index >= 15 is 0 Å². The predicted molar refractivity (Wildman–Crippen MR) is 75.9 cm³/mol. The molecule has 3 heterocycles. The van der Waals surface area contributed by atoms with Crippen LogP contribution in [0.15, 0.2) is 0 Å². The van der Waals surface area contributed by atoms with E-state index in [9.17, 15) is 0 Å². The Hall–Kier alpha value is -0.900. The van der Waals surface area contributed by atoms with E-state index in [0.717, 1.165) is 18.9 Å². The Kier molecular flexibility index (Phi) is 3.61. The van der Waals surface area contributed by atoms with Gasteiger partial charge in [0.1, 0.15) is 11.6 Å². The number of piperidine rings is 1. The molecule has 2 aliphatic rings. The standard InChI is InChI=1S/C15H26N4/c1-11(2)18-8-5-4-6-13(18)15-17-16-14-10-12(3)7-9-19(14)15/h11-13H,4-10H2,1-3H3. The molecule has 19 heavy (non-hydrogen) atoms. The van der Waals surface area contributed by atoms with Gasteiger partial charge in [-0.25, -0.2) is 0 Å². The normalized spacial score (nSPS) is 28.6. The Morgan fingerprint density at radius 2 is 1.95 bits per heavy atom. The maximum atomic E-state index is 4.56. The van der Waals surface area contributed by atoms with Crippen molar-refractivity contribution in [3.63, 3.8) is 0 Å². The minimum atomic E-state index is 0.489. The summed E-state index contributed by atoms with van der Waals surface area (Å²) < 4.78 is 2.41. The first kappa shape index (κ1) is 13.1. The topological polar surface area (TPSA) is 34.0 Å². The van der Waals surface area contributed by atoms with E-state index in [1.54, 1.807) is 0 Å². The van der Waals surface area contributed by atoms with Crippen LogP contribution in [0.25, 0.3) is 0 Å². The highest BCUT2D eigenvalue weighted by Crippen LogP contribution is 2.33. The van der Waals surface area contributed by atoms with Gasteiger partial charge in [0, 0.05) is 19.0 Å². The molecule has 2 unspecified atom stereocenters. The van der Waals surface area contributed by atoms with E-state index in [0.29, 0.717) is 12.1 Å². The molecule has 1 aromatic heterocycles. The second-order valence-electron chi connectivity index (χ2n) is 6.57. The summed E-state index contributed by atoms with van der Waals surface area (Å²) in [5, 5.41) is 9.02. The summed E-state index contributed by atoms with van der Waals surface area (Å²) in [5.41, 5.74) is 0. The summed E-state index contributed by atoms with van der Waals surface area (Å²) in [7, 11) is 0. The van der Waals surface area contributed by atoms with Crippen LogP contribution in [0.1, 0.15) is 64.1 Å². The third kappa shape index (κ3) is 2.42. The second kappa shape index (κ2) is 5.23. The van der Waals surface area contributed by atoms with Crippen molar-refractivity contribution in [3.05, 3.63) is 11.6 Å². The Bertz CT molecular complexity index is 437. The number of rotatable bonds is 2. The summed E-state index contributed by atoms with van der Waals surface area (Å²) in [6, 6.07) is 1.09. The fourth-order valence-electron chi connectivity index (χ4n) is 3.60. The summed E-state index contributed by atoms with van der Waals surface area (Å²) >= 11 is 0. The molecule has 4 nitrogen and oxygen atoms in total. The molecule has 0 bridgehead atoms. The Labute approximate surface area is 116 Å². The zero-order valence-corrected chi connectivity index (χ0v) is 12.5. The maximum absolute atomic E-state index is 4.56. The zero-order chi connectivity index (χ0) is 13.4. The van der Waals surface area contributed by atoms with Crippen molar-refractivity contribution in [1.29, 1.82) is 0 Å². The predicted octanol–water partition coefficient (Wildman–Crippen LogP) is 2.80. The Morgan fingerprint density at radius 3 is 2.74 bits per heavy atom. The van der Waals surface area contributed by atoms with Gasteiger partial charge in [-0.3, -0.25) is 4.90 Å². The molecule has 3 rings (SSSR count). The molecular weight excluding hydrogens is 236 g/mol. The zero-order valence-electron chi connectivity index (χ0n) is 12.5. The van der Waals surface area contributed by atoms with Gasteiger partial charge in [-0.15, -0.1) is 10.2 Å². The van der Waals surface area contributed by atoms with Crippen molar-refractivity contribution in [3.8, 4) is 0 Å². The van der Waals surface area contributed by atoms with Gasteiger partial charge in [-0.2, -0.15) is 0 Å². The summed E-state index contributed by atoms with van der Waals surface area (Å²) in [6.07, 6.45) is 6.26. The van der Waals surface area contributed by atoms with Crippen molar-refractivity contribution in [1.82, 2.24) is 19.7 Å². The van der Waals surface area contributed by atoms with Crippen LogP contribution in [0.2, 0.25) is 0 Å². The van der Waals surface area contributed by atoms with Crippen LogP contribution in [-0.4, -0.2) is 32.3 Å². The molecule has 1 saturated heterocycles. The highest BCUT2D eigenvalue weighted by atomic mass is 15.3. The number of fused-ring (bicyclic) bond motifs is 1. The molecule has 0 spiro atoms. The minimum absolute atomic E-state index is 0.489. The molecule has 2 aliphatic heterocycles. The lowest BCUT2D eigenvalue weighted by atomic mass is 9.97. The van der Waals surface area contributed by atoms with Crippen molar-refractivity contribution in [2.75, 3.05) is 6.54 Å². The van der Waals surface area contributed by atoms with Gasteiger partial charge in [0.2, 0.25) is 0 Å². The molecule has 0 amide bonds. The highest BCUT2D eigenvalue weighted by Gasteiger charge is 2.31. The quantitative estimate of drug-likeness (QED) is 0.822. The highest BCUT2D eigenvalue weighted by molar-refractivity contribution is 5.06. The summed E-state index contributed by atoms with van der Waals surface area (Å²) in [4.78, 5) is 2.61. The lowest BCUT2D eigenvalue weighted by molar-refractivity contribution is 0.102. The number of likely N-dealkylation sites (tertiary alicyclic amines) is 1. The number of hydrogen-bond acceptors (Lipinski definition) is 3. The van der Waals surface area contributed by atoms with Crippen LogP contribution in [0.5, 0.6) is 0 Å². The van der Waals surface area contributed by atoms with Crippen LogP contribution in [0.3, 0.4) is 0 Å². The van der Waals surface area contributed by atoms with Crippen LogP contribution in [0, 0.1) is 5.92 Å². The van der Waals surface area contributed by atoms with Gasteiger partial charge in [0.25, 0.3) is 0 Å². The third-order valence-electron chi connectivity index (χ3n) is 4.74. The summed E-state index contributed by atoms with van der Waals surface area (Å²) in [6.45, 7) is 9.24. The van der Waals surface area contributed by atoms with Gasteiger partial charge in [-0.05, 0) is 45.6 Å². The van der Waals surface area contributed by atoms with Gasteiger partial charge < -0.3 is 4.57 Å². The van der Waals surface area contributed by atoms with Gasteiger partial charge in [0.15, 0.2) is 0 Å². The lowest BCUT2D eigenvalue weighted by Gasteiger charge is -2.38. The largest absolute Gasteiger partial charge is 0.314 e. The molecule has 0 saturated carbocycles. The maximum Gasteiger partial charge on any atom is 0.150 e. The number of aromatic nitrogens is 3. The molecule has 0 radical (unpaired) electrons. The SMILES string of the molecule is CC1CCn2c(nnc2C2CCCCN2C(C)C)C1. The van der Waals surface area contributed by atoms with Crippen molar-refractivity contribution in [2.24, 2.45) is 5.92 Å². The first-order valence-corrected chi connectivity index (χ1v) is 7.84. The van der Waals surface area contributed by atoms with Crippen LogP contribution in [0.4, 0.5) is 0 Å². The fourth-order valence-corrected chi connectivity index (χ4v) is 3.60. The molecule has 0 N–H and O–H groups in total. The van der Waals surface area contributed by atoms with E-state index in [1.807, 2.05) is 0 Å². The van der Waals surface area contributed by atoms with Crippen LogP contribution >= 0.6 is 0 Å². The number of hydrogen-bond donors (Lipinski definition) is 0. The fraction of sp³-hybridized carbons (Fsp3) is 0.867. The monoisotopic (exact) mass is 262 g/mol. The second-order valence-corrected chi connectivity index (χ2v) is 6.57. The van der Waals surface area contributed by atoms with E-state index in [-0.39, 0.29) is 0 Å². The molecular formula is C15H26N4. The van der Waals surface area contributed by atoms with Crippen LogP contribution in [-0.2, 0) is 13.0 Å². The molecule has 4 heteroatoms. The molecule has 1 aromatic rings. The molecule has 0 aromatic carbocycles. The minimum Gasteiger partial charge on any atom is -0.314 e. The molecule has 1 fully saturated rings. The van der Waals surface area contributed by atoms with Gasteiger partial charge in [0.05, 0.1) is 6.04 Å². The Balaban J connectivity index is 1.88. The van der Waals surface area contributed by atoms with Crippen molar-refractivity contribution in [2.45, 2.75) is 71.5 Å². The van der Waals surface area contributed by atoms with E-state index < -0.39 is 0 Å². The molecule has 106 valence electrons. The van der Waals surface area contributed by atoms with E-state index in [2.05, 4.69) is 40.4 Å². The van der Waals surface area contributed by atoms with E-state index in [1.165, 1.54) is 43.9 Å². The molecule has 0 aliphatic carbocycles. The molecule has 2 atom stereocenters. The van der Waals surface area contributed by atoms with Crippen LogP contribution < -0.4 is 0 Å². The first-order valence-electron chi connectivity index (χ1n) is 7.84.